The molecule has 0 saturated heterocycles. The number of hydrogen-bond donors (Lipinski definition) is 2. The molecule has 5 nitrogen and oxygen atoms in total. The molecule has 1 aliphatic carbocycles. The molecule has 5 heteroatoms. The standard InChI is InChI=1S/C15H24N2O3/c1-18-13-6-5-11(9-14(13)19-2)12(17-16)10-15(20-3)7-4-8-15/h5-6,9,12,17H,4,7-8,10,16H2,1-3H3. The van der Waals surface area contributed by atoms with Crippen molar-refractivity contribution in [2.45, 2.75) is 37.3 Å². The van der Waals surface area contributed by atoms with Gasteiger partial charge in [-0.3, -0.25) is 11.3 Å². The van der Waals surface area contributed by atoms with Gasteiger partial charge < -0.3 is 14.2 Å². The lowest BCUT2D eigenvalue weighted by molar-refractivity contribution is -0.0838. The van der Waals surface area contributed by atoms with Gasteiger partial charge in [0.1, 0.15) is 0 Å². The monoisotopic (exact) mass is 280 g/mol. The smallest absolute Gasteiger partial charge is 0.161 e. The van der Waals surface area contributed by atoms with E-state index in [1.165, 1.54) is 6.42 Å². The van der Waals surface area contributed by atoms with E-state index < -0.39 is 0 Å². The molecule has 0 bridgehead atoms. The van der Waals surface area contributed by atoms with Crippen molar-refractivity contribution in [3.05, 3.63) is 23.8 Å². The highest BCUT2D eigenvalue weighted by atomic mass is 16.5. The Bertz CT molecular complexity index is 441. The van der Waals surface area contributed by atoms with Gasteiger partial charge in [0.05, 0.1) is 19.8 Å². The highest BCUT2D eigenvalue weighted by Gasteiger charge is 2.39. The van der Waals surface area contributed by atoms with Crippen molar-refractivity contribution < 1.29 is 14.2 Å². The Morgan fingerprint density at radius 2 is 1.90 bits per heavy atom. The van der Waals surface area contributed by atoms with Gasteiger partial charge in [-0.05, 0) is 43.4 Å². The topological polar surface area (TPSA) is 65.7 Å². The largest absolute Gasteiger partial charge is 0.493 e. The van der Waals surface area contributed by atoms with Crippen molar-refractivity contribution in [1.29, 1.82) is 0 Å². The summed E-state index contributed by atoms with van der Waals surface area (Å²) in [6, 6.07) is 5.91. The summed E-state index contributed by atoms with van der Waals surface area (Å²) in [5.74, 6) is 7.16. The van der Waals surface area contributed by atoms with Crippen LogP contribution in [0.5, 0.6) is 11.5 Å². The molecule has 1 aromatic carbocycles. The van der Waals surface area contributed by atoms with Gasteiger partial charge in [-0.2, -0.15) is 0 Å². The molecule has 1 fully saturated rings. The first-order valence-corrected chi connectivity index (χ1v) is 6.91. The van der Waals surface area contributed by atoms with Crippen molar-refractivity contribution in [3.8, 4) is 11.5 Å². The molecule has 2 rings (SSSR count). The Labute approximate surface area is 120 Å². The van der Waals surface area contributed by atoms with Gasteiger partial charge in [0.15, 0.2) is 11.5 Å². The molecule has 1 aliphatic rings. The zero-order valence-electron chi connectivity index (χ0n) is 12.4. The second kappa shape index (κ2) is 6.43. The van der Waals surface area contributed by atoms with Crippen LogP contribution in [0.1, 0.15) is 37.3 Å². The van der Waals surface area contributed by atoms with Gasteiger partial charge in [0.25, 0.3) is 0 Å². The zero-order valence-corrected chi connectivity index (χ0v) is 12.4. The molecule has 1 saturated carbocycles. The van der Waals surface area contributed by atoms with Gasteiger partial charge in [-0.15, -0.1) is 0 Å². The number of benzene rings is 1. The molecule has 112 valence electrons. The highest BCUT2D eigenvalue weighted by Crippen LogP contribution is 2.42. The zero-order chi connectivity index (χ0) is 14.6. The number of nitrogens with two attached hydrogens (primary N) is 1. The lowest BCUT2D eigenvalue weighted by atomic mass is 9.75. The van der Waals surface area contributed by atoms with Crippen LogP contribution in [0, 0.1) is 0 Å². The summed E-state index contributed by atoms with van der Waals surface area (Å²) in [5, 5.41) is 0. The lowest BCUT2D eigenvalue weighted by Gasteiger charge is -2.42. The minimum atomic E-state index is -0.0375. The number of rotatable bonds is 7. The molecule has 3 N–H and O–H groups in total. The molecular formula is C15H24N2O3. The summed E-state index contributed by atoms with van der Waals surface area (Å²) in [4.78, 5) is 0. The Morgan fingerprint density at radius 1 is 1.20 bits per heavy atom. The van der Waals surface area contributed by atoms with Gasteiger partial charge in [0.2, 0.25) is 0 Å². The van der Waals surface area contributed by atoms with Crippen LogP contribution >= 0.6 is 0 Å². The molecule has 1 aromatic rings. The Kier molecular flexibility index (Phi) is 4.86. The number of hydrazine groups is 1. The molecule has 0 radical (unpaired) electrons. The highest BCUT2D eigenvalue weighted by molar-refractivity contribution is 5.43. The molecule has 1 unspecified atom stereocenters. The van der Waals surface area contributed by atoms with E-state index in [0.29, 0.717) is 5.75 Å². The van der Waals surface area contributed by atoms with Gasteiger partial charge in [-0.1, -0.05) is 6.07 Å². The van der Waals surface area contributed by atoms with Gasteiger partial charge in [-0.25, -0.2) is 0 Å². The second-order valence-corrected chi connectivity index (χ2v) is 5.28. The first-order valence-electron chi connectivity index (χ1n) is 6.91. The van der Waals surface area contributed by atoms with E-state index >= 15 is 0 Å². The summed E-state index contributed by atoms with van der Waals surface area (Å²) in [6.07, 6.45) is 4.26. The van der Waals surface area contributed by atoms with Crippen LogP contribution in [0.4, 0.5) is 0 Å². The minimum Gasteiger partial charge on any atom is -0.493 e. The Balaban J connectivity index is 2.18. The number of nitrogens with one attached hydrogen (secondary N) is 1. The van der Waals surface area contributed by atoms with E-state index in [-0.39, 0.29) is 11.6 Å². The molecular weight excluding hydrogens is 256 g/mol. The van der Waals surface area contributed by atoms with E-state index in [9.17, 15) is 0 Å². The van der Waals surface area contributed by atoms with Crippen LogP contribution < -0.4 is 20.7 Å². The third-order valence-corrected chi connectivity index (χ3v) is 4.29. The van der Waals surface area contributed by atoms with E-state index in [1.54, 1.807) is 21.3 Å². The van der Waals surface area contributed by atoms with Crippen molar-refractivity contribution in [1.82, 2.24) is 5.43 Å². The van der Waals surface area contributed by atoms with Gasteiger partial charge >= 0.3 is 0 Å². The van der Waals surface area contributed by atoms with Crippen molar-refractivity contribution in [2.75, 3.05) is 21.3 Å². The maximum Gasteiger partial charge on any atom is 0.161 e. The SMILES string of the molecule is COc1ccc(C(CC2(OC)CCC2)NN)cc1OC. The molecule has 0 heterocycles. The molecule has 20 heavy (non-hydrogen) atoms. The summed E-state index contributed by atoms with van der Waals surface area (Å²) < 4.78 is 16.3. The lowest BCUT2D eigenvalue weighted by Crippen LogP contribution is -2.44. The van der Waals surface area contributed by atoms with Crippen LogP contribution in [0.3, 0.4) is 0 Å². The van der Waals surface area contributed by atoms with E-state index in [4.69, 9.17) is 20.1 Å². The summed E-state index contributed by atoms with van der Waals surface area (Å²) in [5.41, 5.74) is 3.93. The molecule has 1 atom stereocenters. The molecule has 0 amide bonds. The number of hydrogen-bond acceptors (Lipinski definition) is 5. The maximum atomic E-state index is 5.73. The normalized spacial score (nSPS) is 18.2. The average Bonchev–Trinajstić information content (AvgIpc) is 2.46. The number of ether oxygens (including phenoxy) is 3. The van der Waals surface area contributed by atoms with Gasteiger partial charge in [0, 0.05) is 13.2 Å². The quantitative estimate of drug-likeness (QED) is 0.592. The predicted molar refractivity (Wildman–Crippen MR) is 77.8 cm³/mol. The summed E-state index contributed by atoms with van der Waals surface area (Å²) in [7, 11) is 5.04. The van der Waals surface area contributed by atoms with Crippen molar-refractivity contribution in [2.24, 2.45) is 5.84 Å². The maximum absolute atomic E-state index is 5.73. The molecule has 0 aliphatic heterocycles. The fraction of sp³-hybridized carbons (Fsp3) is 0.600. The van der Waals surface area contributed by atoms with E-state index in [2.05, 4.69) is 5.43 Å². The fourth-order valence-corrected chi connectivity index (χ4v) is 2.78. The Hall–Kier alpha value is -1.30. The van der Waals surface area contributed by atoms with Crippen LogP contribution in [-0.2, 0) is 4.74 Å². The third kappa shape index (κ3) is 2.90. The van der Waals surface area contributed by atoms with E-state index in [0.717, 1.165) is 30.6 Å². The van der Waals surface area contributed by atoms with Crippen molar-refractivity contribution in [3.63, 3.8) is 0 Å². The van der Waals surface area contributed by atoms with Crippen LogP contribution in [0.15, 0.2) is 18.2 Å². The third-order valence-electron chi connectivity index (χ3n) is 4.29. The van der Waals surface area contributed by atoms with Crippen LogP contribution in [0.25, 0.3) is 0 Å². The summed E-state index contributed by atoms with van der Waals surface area (Å²) >= 11 is 0. The summed E-state index contributed by atoms with van der Waals surface area (Å²) in [6.45, 7) is 0. The predicted octanol–water partition coefficient (Wildman–Crippen LogP) is 2.17. The van der Waals surface area contributed by atoms with Crippen LogP contribution in [0.2, 0.25) is 0 Å². The minimum absolute atomic E-state index is 0.0371. The number of methoxy groups -OCH3 is 3. The molecule has 0 aromatic heterocycles. The van der Waals surface area contributed by atoms with Crippen molar-refractivity contribution >= 4 is 0 Å². The molecule has 0 spiro atoms. The first-order chi connectivity index (χ1) is 9.68. The second-order valence-electron chi connectivity index (χ2n) is 5.28. The average molecular weight is 280 g/mol. The van der Waals surface area contributed by atoms with Crippen LogP contribution in [-0.4, -0.2) is 26.9 Å². The first kappa shape index (κ1) is 15.1. The Morgan fingerprint density at radius 3 is 2.35 bits per heavy atom. The van der Waals surface area contributed by atoms with E-state index in [1.807, 2.05) is 18.2 Å². The fourth-order valence-electron chi connectivity index (χ4n) is 2.78.